The molecule has 0 saturated heterocycles. The minimum absolute atomic E-state index is 0.116. The normalized spacial score (nSPS) is 18.6. The molecule has 0 radical (unpaired) electrons. The van der Waals surface area contributed by atoms with E-state index in [2.05, 4.69) is 37.1 Å². The van der Waals surface area contributed by atoms with E-state index in [4.69, 9.17) is 0 Å². The van der Waals surface area contributed by atoms with Crippen molar-refractivity contribution in [2.45, 2.75) is 66.7 Å². The van der Waals surface area contributed by atoms with E-state index in [0.29, 0.717) is 25.9 Å². The highest BCUT2D eigenvalue weighted by Gasteiger charge is 2.33. The van der Waals surface area contributed by atoms with Crippen LogP contribution in [0.3, 0.4) is 0 Å². The first-order valence-corrected chi connectivity index (χ1v) is 9.30. The fraction of sp³-hybridized carbons (Fsp3) is 0.500. The lowest BCUT2D eigenvalue weighted by atomic mass is 9.95. The molecule has 5 rings (SSSR count). The molecule has 1 aliphatic carbocycles. The van der Waals surface area contributed by atoms with E-state index in [1.54, 1.807) is 0 Å². The predicted molar refractivity (Wildman–Crippen MR) is 99.7 cm³/mol. The van der Waals surface area contributed by atoms with Gasteiger partial charge in [-0.15, -0.1) is 0 Å². The van der Waals surface area contributed by atoms with Gasteiger partial charge < -0.3 is 0 Å². The Labute approximate surface area is 151 Å². The molecule has 2 aromatic heterocycles. The maximum absolute atomic E-state index is 13.0. The second-order valence-corrected chi connectivity index (χ2v) is 8.17. The van der Waals surface area contributed by atoms with Crippen molar-refractivity contribution < 1.29 is 0 Å². The van der Waals surface area contributed by atoms with Gasteiger partial charge >= 0.3 is 0 Å². The molecule has 0 spiro atoms. The summed E-state index contributed by atoms with van der Waals surface area (Å²) in [5.41, 5.74) is 9.24. The summed E-state index contributed by atoms with van der Waals surface area (Å²) in [6.45, 7) is 11.3. The molecule has 0 amide bonds. The van der Waals surface area contributed by atoms with Gasteiger partial charge in [0.2, 0.25) is 0 Å². The van der Waals surface area contributed by atoms with Crippen molar-refractivity contribution in [2.24, 2.45) is 0 Å². The van der Waals surface area contributed by atoms with E-state index in [-0.39, 0.29) is 11.1 Å². The number of fused-ring (bicyclic) bond motifs is 6. The molecule has 0 unspecified atom stereocenters. The third kappa shape index (κ3) is 1.87. The summed E-state index contributed by atoms with van der Waals surface area (Å²) < 4.78 is 7.95. The van der Waals surface area contributed by atoms with Crippen LogP contribution < -0.4 is 11.1 Å². The maximum Gasteiger partial charge on any atom is 0.270 e. The molecule has 2 aromatic rings. The Kier molecular flexibility index (Phi) is 3.04. The summed E-state index contributed by atoms with van der Waals surface area (Å²) in [5, 5.41) is 0. The lowest BCUT2D eigenvalue weighted by Crippen LogP contribution is -2.30. The highest BCUT2D eigenvalue weighted by Crippen LogP contribution is 2.29. The second-order valence-electron chi connectivity index (χ2n) is 8.17. The van der Waals surface area contributed by atoms with E-state index in [0.717, 1.165) is 35.6 Å². The first-order valence-electron chi connectivity index (χ1n) is 9.30. The zero-order valence-electron chi connectivity index (χ0n) is 15.8. The quantitative estimate of drug-likeness (QED) is 0.580. The summed E-state index contributed by atoms with van der Waals surface area (Å²) in [5.74, 6) is 0. The number of allylic oxidation sites excluding steroid dienone is 4. The smallest absolute Gasteiger partial charge is 0.270 e. The zero-order chi connectivity index (χ0) is 18.3. The minimum Gasteiger partial charge on any atom is -0.282 e. The van der Waals surface area contributed by atoms with Crippen LogP contribution in [0.5, 0.6) is 0 Å². The van der Waals surface area contributed by atoms with Crippen LogP contribution in [0.25, 0.3) is 0 Å². The average molecular weight is 352 g/mol. The van der Waals surface area contributed by atoms with Gasteiger partial charge in [-0.05, 0) is 27.7 Å². The van der Waals surface area contributed by atoms with Crippen LogP contribution in [-0.4, -0.2) is 18.7 Å². The summed E-state index contributed by atoms with van der Waals surface area (Å²) in [6, 6.07) is 0. The van der Waals surface area contributed by atoms with Crippen molar-refractivity contribution >= 4 is 0 Å². The van der Waals surface area contributed by atoms with Crippen molar-refractivity contribution in [3.05, 3.63) is 65.5 Å². The van der Waals surface area contributed by atoms with Crippen LogP contribution in [0, 0.1) is 0 Å². The molecule has 0 N–H and O–H groups in total. The van der Waals surface area contributed by atoms with E-state index in [1.807, 2.05) is 9.36 Å². The highest BCUT2D eigenvalue weighted by molar-refractivity contribution is 5.40. The third-order valence-electron chi connectivity index (χ3n) is 6.58. The van der Waals surface area contributed by atoms with Crippen LogP contribution >= 0.6 is 0 Å². The molecule has 0 saturated carbocycles. The Balaban J connectivity index is 1.67. The van der Waals surface area contributed by atoms with Gasteiger partial charge in [0.05, 0.1) is 26.2 Å². The first-order chi connectivity index (χ1) is 12.4. The van der Waals surface area contributed by atoms with Gasteiger partial charge in [0.15, 0.2) is 0 Å². The Morgan fingerprint density at radius 3 is 1.19 bits per heavy atom. The van der Waals surface area contributed by atoms with Crippen LogP contribution in [0.15, 0.2) is 31.9 Å². The first kappa shape index (κ1) is 15.7. The van der Waals surface area contributed by atoms with E-state index >= 15 is 0 Å². The fourth-order valence-corrected chi connectivity index (χ4v) is 4.58. The zero-order valence-corrected chi connectivity index (χ0v) is 15.8. The van der Waals surface area contributed by atoms with Crippen molar-refractivity contribution in [3.8, 4) is 0 Å². The Bertz CT molecular complexity index is 1070. The molecule has 4 heterocycles. The molecule has 0 bridgehead atoms. The Hall–Kier alpha value is -2.50. The lowest BCUT2D eigenvalue weighted by Gasteiger charge is -2.24. The Morgan fingerprint density at radius 2 is 0.846 bits per heavy atom. The van der Waals surface area contributed by atoms with Crippen molar-refractivity contribution in [3.63, 3.8) is 0 Å². The van der Waals surface area contributed by atoms with E-state index < -0.39 is 0 Å². The summed E-state index contributed by atoms with van der Waals surface area (Å²) >= 11 is 0. The van der Waals surface area contributed by atoms with Gasteiger partial charge in [0.25, 0.3) is 11.1 Å². The molecule has 136 valence electrons. The summed E-state index contributed by atoms with van der Waals surface area (Å²) in [6.07, 6.45) is 1.15. The van der Waals surface area contributed by atoms with Crippen LogP contribution in [0.4, 0.5) is 0 Å². The molecule has 0 fully saturated rings. The largest absolute Gasteiger partial charge is 0.282 e. The van der Waals surface area contributed by atoms with Gasteiger partial charge in [-0.2, -0.15) is 0 Å². The second kappa shape index (κ2) is 5.02. The highest BCUT2D eigenvalue weighted by atomic mass is 16.1. The van der Waals surface area contributed by atoms with Crippen molar-refractivity contribution in [1.29, 1.82) is 0 Å². The molecule has 2 aliphatic heterocycles. The molecule has 6 heteroatoms. The van der Waals surface area contributed by atoms with Crippen molar-refractivity contribution in [1.82, 2.24) is 18.7 Å². The monoisotopic (exact) mass is 352 g/mol. The standard InChI is InChI=1S/C20H24N4O2/c1-11-7-21-17-5-16-18(6-15(17)19(25)23(21)9-13(11)3)22-8-12(2)14(4)10-24(22)20(16)26/h5-10H2,1-4H3. The molecule has 3 aliphatic rings. The fourth-order valence-electron chi connectivity index (χ4n) is 4.58. The third-order valence-corrected chi connectivity index (χ3v) is 6.58. The van der Waals surface area contributed by atoms with E-state index in [1.165, 1.54) is 22.3 Å². The Morgan fingerprint density at radius 1 is 0.538 bits per heavy atom. The summed E-state index contributed by atoms with van der Waals surface area (Å²) in [7, 11) is 0. The number of aromatic nitrogens is 4. The van der Waals surface area contributed by atoms with Crippen LogP contribution in [0.1, 0.15) is 50.2 Å². The summed E-state index contributed by atoms with van der Waals surface area (Å²) in [4.78, 5) is 26.1. The van der Waals surface area contributed by atoms with Gasteiger partial charge in [0.1, 0.15) is 0 Å². The van der Waals surface area contributed by atoms with Gasteiger partial charge in [-0.3, -0.25) is 19.0 Å². The lowest BCUT2D eigenvalue weighted by molar-refractivity contribution is 0.451. The molecule has 0 atom stereocenters. The molecule has 6 nitrogen and oxygen atoms in total. The van der Waals surface area contributed by atoms with E-state index in [9.17, 15) is 9.59 Å². The topological polar surface area (TPSA) is 53.9 Å². The SMILES string of the molecule is CC1=C(C)Cn2c(=O)c3c(n2C1)Cc1c(n2n(c1=O)CC(C)=C(C)C2)C3. The molecular formula is C20H24N4O2. The number of hydrogen-bond acceptors (Lipinski definition) is 2. The molecule has 0 aromatic carbocycles. The van der Waals surface area contributed by atoms with Crippen LogP contribution in [0.2, 0.25) is 0 Å². The number of rotatable bonds is 0. The number of nitrogens with zero attached hydrogens (tertiary/aromatic N) is 4. The van der Waals surface area contributed by atoms with Crippen molar-refractivity contribution in [2.75, 3.05) is 0 Å². The minimum atomic E-state index is 0.116. The molecular weight excluding hydrogens is 328 g/mol. The number of hydrogen-bond donors (Lipinski definition) is 0. The van der Waals surface area contributed by atoms with Gasteiger partial charge in [0, 0.05) is 35.4 Å². The van der Waals surface area contributed by atoms with Gasteiger partial charge in [-0.25, -0.2) is 9.36 Å². The molecule has 26 heavy (non-hydrogen) atoms. The van der Waals surface area contributed by atoms with Gasteiger partial charge in [-0.1, -0.05) is 22.3 Å². The van der Waals surface area contributed by atoms with Crippen LogP contribution in [-0.2, 0) is 39.0 Å². The predicted octanol–water partition coefficient (Wildman–Crippen LogP) is 1.81. The maximum atomic E-state index is 13.0. The average Bonchev–Trinajstić information content (AvgIpc) is 3.01.